The minimum atomic E-state index is -4.08. The number of anilines is 2. The lowest BCUT2D eigenvalue weighted by Gasteiger charge is -2.09. The Hall–Kier alpha value is -2.39. The first-order valence-electron chi connectivity index (χ1n) is 5.48. The Labute approximate surface area is 124 Å². The number of nitrogen functional groups attached to an aromatic ring is 1. The van der Waals surface area contributed by atoms with E-state index in [0.717, 1.165) is 18.2 Å². The molecule has 1 aromatic carbocycles. The number of halogens is 1. The summed E-state index contributed by atoms with van der Waals surface area (Å²) in [5.41, 5.74) is 5.17. The maximum atomic E-state index is 12.2. The first-order valence-corrected chi connectivity index (χ1v) is 7.34. The lowest BCUT2D eigenvalue weighted by Crippen LogP contribution is -2.14. The van der Waals surface area contributed by atoms with Gasteiger partial charge in [0.05, 0.1) is 21.8 Å². The summed E-state index contributed by atoms with van der Waals surface area (Å²) < 4.78 is 26.6. The van der Waals surface area contributed by atoms with Crippen molar-refractivity contribution in [3.8, 4) is 0 Å². The SMILES string of the molecule is Nc1ccc(NS(=O)(=O)c2cc([N+](=O)[O-])ccc2Cl)cn1. The van der Waals surface area contributed by atoms with Gasteiger partial charge in [-0.2, -0.15) is 0 Å². The van der Waals surface area contributed by atoms with Crippen LogP contribution in [-0.2, 0) is 10.0 Å². The number of hydrogen-bond acceptors (Lipinski definition) is 6. The molecule has 0 bridgehead atoms. The van der Waals surface area contributed by atoms with E-state index >= 15 is 0 Å². The highest BCUT2D eigenvalue weighted by Gasteiger charge is 2.21. The summed E-state index contributed by atoms with van der Waals surface area (Å²) in [6, 6.07) is 5.97. The van der Waals surface area contributed by atoms with Crippen molar-refractivity contribution in [1.82, 2.24) is 4.98 Å². The zero-order valence-corrected chi connectivity index (χ0v) is 11.9. The van der Waals surface area contributed by atoms with Crippen LogP contribution in [0, 0.1) is 10.1 Å². The number of nitrogens with two attached hydrogens (primary N) is 1. The molecular formula is C11H9ClN4O4S. The largest absolute Gasteiger partial charge is 0.384 e. The zero-order chi connectivity index (χ0) is 15.6. The number of nitrogens with zero attached hydrogens (tertiary/aromatic N) is 2. The van der Waals surface area contributed by atoms with Crippen molar-refractivity contribution in [2.75, 3.05) is 10.5 Å². The molecule has 3 N–H and O–H groups in total. The van der Waals surface area contributed by atoms with Crippen LogP contribution in [0.4, 0.5) is 17.2 Å². The van der Waals surface area contributed by atoms with E-state index in [1.54, 1.807) is 0 Å². The second-order valence-electron chi connectivity index (χ2n) is 3.95. The molecule has 2 aromatic rings. The van der Waals surface area contributed by atoms with E-state index in [1.165, 1.54) is 18.3 Å². The van der Waals surface area contributed by atoms with Crippen LogP contribution in [0.15, 0.2) is 41.4 Å². The van der Waals surface area contributed by atoms with Crippen molar-refractivity contribution in [2.24, 2.45) is 0 Å². The van der Waals surface area contributed by atoms with Crippen molar-refractivity contribution in [3.63, 3.8) is 0 Å². The number of benzene rings is 1. The number of nitro benzene ring substituents is 1. The van der Waals surface area contributed by atoms with Crippen molar-refractivity contribution in [2.45, 2.75) is 4.90 Å². The molecule has 0 atom stereocenters. The van der Waals surface area contributed by atoms with Gasteiger partial charge in [0.25, 0.3) is 15.7 Å². The van der Waals surface area contributed by atoms with Gasteiger partial charge in [-0.1, -0.05) is 11.6 Å². The number of nitro groups is 1. The number of pyridine rings is 1. The van der Waals surface area contributed by atoms with E-state index < -0.39 is 19.8 Å². The zero-order valence-electron chi connectivity index (χ0n) is 10.4. The number of rotatable bonds is 4. The molecule has 0 saturated carbocycles. The minimum Gasteiger partial charge on any atom is -0.384 e. The van der Waals surface area contributed by atoms with Crippen LogP contribution in [0.3, 0.4) is 0 Å². The fraction of sp³-hybridized carbons (Fsp3) is 0. The molecule has 110 valence electrons. The highest BCUT2D eigenvalue weighted by atomic mass is 35.5. The molecule has 1 aromatic heterocycles. The topological polar surface area (TPSA) is 128 Å². The average Bonchev–Trinajstić information content (AvgIpc) is 2.41. The van der Waals surface area contributed by atoms with Crippen LogP contribution in [0.2, 0.25) is 5.02 Å². The van der Waals surface area contributed by atoms with E-state index in [2.05, 4.69) is 9.71 Å². The van der Waals surface area contributed by atoms with Gasteiger partial charge in [-0.25, -0.2) is 13.4 Å². The minimum absolute atomic E-state index is 0.128. The highest BCUT2D eigenvalue weighted by molar-refractivity contribution is 7.92. The van der Waals surface area contributed by atoms with Crippen molar-refractivity contribution < 1.29 is 13.3 Å². The molecule has 0 fully saturated rings. The number of aromatic nitrogens is 1. The van der Waals surface area contributed by atoms with Crippen LogP contribution >= 0.6 is 11.6 Å². The predicted octanol–water partition coefficient (Wildman–Crippen LogP) is 2.03. The predicted molar refractivity (Wildman–Crippen MR) is 77.6 cm³/mol. The van der Waals surface area contributed by atoms with Gasteiger partial charge in [0.1, 0.15) is 10.7 Å². The molecule has 0 amide bonds. The molecule has 0 aliphatic heterocycles. The van der Waals surface area contributed by atoms with E-state index in [4.69, 9.17) is 17.3 Å². The molecule has 2 rings (SSSR count). The standard InChI is InChI=1S/C11H9ClN4O4S/c12-9-3-2-8(16(17)18)5-10(9)21(19,20)15-7-1-4-11(13)14-6-7/h1-6,15H,(H2,13,14). The molecule has 1 heterocycles. The molecule has 0 aliphatic rings. The molecule has 0 radical (unpaired) electrons. The van der Waals surface area contributed by atoms with Crippen LogP contribution in [-0.4, -0.2) is 18.3 Å². The number of sulfonamides is 1. The van der Waals surface area contributed by atoms with Crippen LogP contribution in [0.5, 0.6) is 0 Å². The summed E-state index contributed by atoms with van der Waals surface area (Å²) in [6.45, 7) is 0. The Morgan fingerprint density at radius 1 is 1.29 bits per heavy atom. The van der Waals surface area contributed by atoms with Crippen LogP contribution in [0.1, 0.15) is 0 Å². The molecule has 0 spiro atoms. The van der Waals surface area contributed by atoms with E-state index in [1.807, 2.05) is 0 Å². The Morgan fingerprint density at radius 3 is 2.57 bits per heavy atom. The molecule has 0 aliphatic carbocycles. The van der Waals surface area contributed by atoms with E-state index in [-0.39, 0.29) is 22.2 Å². The third kappa shape index (κ3) is 3.38. The van der Waals surface area contributed by atoms with Gasteiger partial charge < -0.3 is 5.73 Å². The monoisotopic (exact) mass is 328 g/mol. The van der Waals surface area contributed by atoms with Gasteiger partial charge in [0.15, 0.2) is 0 Å². The van der Waals surface area contributed by atoms with Crippen molar-refractivity contribution in [3.05, 3.63) is 51.7 Å². The van der Waals surface area contributed by atoms with Crippen LogP contribution < -0.4 is 10.5 Å². The quantitative estimate of drug-likeness (QED) is 0.652. The summed E-state index contributed by atoms with van der Waals surface area (Å²) in [7, 11) is -4.08. The van der Waals surface area contributed by atoms with Gasteiger partial charge >= 0.3 is 0 Å². The smallest absolute Gasteiger partial charge is 0.270 e. The summed E-state index contributed by atoms with van der Waals surface area (Å²) >= 11 is 5.80. The second kappa shape index (κ2) is 5.54. The van der Waals surface area contributed by atoms with E-state index in [0.29, 0.717) is 0 Å². The van der Waals surface area contributed by atoms with Gasteiger partial charge in [0, 0.05) is 12.1 Å². The molecule has 0 unspecified atom stereocenters. The summed E-state index contributed by atoms with van der Waals surface area (Å²) in [6.07, 6.45) is 1.22. The number of non-ortho nitro benzene ring substituents is 1. The molecule has 0 saturated heterocycles. The number of nitrogens with one attached hydrogen (secondary N) is 1. The highest BCUT2D eigenvalue weighted by Crippen LogP contribution is 2.27. The van der Waals surface area contributed by atoms with E-state index in [9.17, 15) is 18.5 Å². The van der Waals surface area contributed by atoms with Gasteiger partial charge in [0.2, 0.25) is 0 Å². The fourth-order valence-corrected chi connectivity index (χ4v) is 3.05. The lowest BCUT2D eigenvalue weighted by atomic mass is 10.3. The maximum Gasteiger partial charge on any atom is 0.270 e. The summed E-state index contributed by atoms with van der Waals surface area (Å²) in [4.78, 5) is 13.3. The van der Waals surface area contributed by atoms with Crippen LogP contribution in [0.25, 0.3) is 0 Å². The summed E-state index contributed by atoms with van der Waals surface area (Å²) in [5.74, 6) is 0.228. The van der Waals surface area contributed by atoms with Gasteiger partial charge in [-0.15, -0.1) is 0 Å². The normalized spacial score (nSPS) is 11.1. The molecule has 8 nitrogen and oxygen atoms in total. The lowest BCUT2D eigenvalue weighted by molar-refractivity contribution is -0.385. The Balaban J connectivity index is 2.41. The molecule has 21 heavy (non-hydrogen) atoms. The number of hydrogen-bond donors (Lipinski definition) is 2. The first-order chi connectivity index (χ1) is 9.79. The second-order valence-corrected chi connectivity index (χ2v) is 6.01. The fourth-order valence-electron chi connectivity index (χ4n) is 1.49. The third-order valence-corrected chi connectivity index (χ3v) is 4.32. The van der Waals surface area contributed by atoms with Gasteiger partial charge in [-0.3, -0.25) is 14.8 Å². The maximum absolute atomic E-state index is 12.2. The average molecular weight is 329 g/mol. The Kier molecular flexibility index (Phi) is 3.96. The third-order valence-electron chi connectivity index (χ3n) is 2.45. The van der Waals surface area contributed by atoms with Gasteiger partial charge in [-0.05, 0) is 18.2 Å². The summed E-state index contributed by atoms with van der Waals surface area (Å²) in [5, 5.41) is 10.6. The first kappa shape index (κ1) is 15.0. The van der Waals surface area contributed by atoms with Crippen molar-refractivity contribution >= 4 is 38.8 Å². The molecular weight excluding hydrogens is 320 g/mol. The Bertz CT molecular complexity index is 792. The molecule has 10 heteroatoms. The Morgan fingerprint density at radius 2 is 2.00 bits per heavy atom. The van der Waals surface area contributed by atoms with Crippen molar-refractivity contribution in [1.29, 1.82) is 0 Å².